The first kappa shape index (κ1) is 16.5. The molecule has 1 fully saturated rings. The first-order chi connectivity index (χ1) is 11.5. The zero-order chi connectivity index (χ0) is 17.3. The van der Waals surface area contributed by atoms with Crippen molar-refractivity contribution in [1.29, 1.82) is 0 Å². The van der Waals surface area contributed by atoms with Gasteiger partial charge in [0.25, 0.3) is 5.91 Å². The van der Waals surface area contributed by atoms with Gasteiger partial charge in [0.05, 0.1) is 5.02 Å². The lowest BCUT2D eigenvalue weighted by Crippen LogP contribution is -2.30. The number of imide groups is 1. The van der Waals surface area contributed by atoms with E-state index in [1.165, 1.54) is 12.2 Å². The highest BCUT2D eigenvalue weighted by atomic mass is 79.9. The van der Waals surface area contributed by atoms with Gasteiger partial charge in [-0.05, 0) is 40.2 Å². The van der Waals surface area contributed by atoms with Crippen molar-refractivity contribution >= 4 is 45.5 Å². The minimum atomic E-state index is -0.474. The molecule has 5 nitrogen and oxygen atoms in total. The van der Waals surface area contributed by atoms with Crippen LogP contribution in [0.4, 0.5) is 4.79 Å². The molecule has 0 atom stereocenters. The SMILES string of the molecule is C=CCN1C(=O)N/C(=C/c2ccc(-c3ccc(Br)c(Cl)c3)o2)C1=O. The summed E-state index contributed by atoms with van der Waals surface area (Å²) in [6.45, 7) is 3.68. The van der Waals surface area contributed by atoms with Gasteiger partial charge in [-0.2, -0.15) is 0 Å². The third-order valence-electron chi connectivity index (χ3n) is 3.39. The number of nitrogens with zero attached hydrogens (tertiary/aromatic N) is 1. The van der Waals surface area contributed by atoms with E-state index in [9.17, 15) is 9.59 Å². The Morgan fingerprint density at radius 1 is 1.29 bits per heavy atom. The fraction of sp³-hybridized carbons (Fsp3) is 0.0588. The molecule has 1 aliphatic rings. The van der Waals surface area contributed by atoms with Gasteiger partial charge >= 0.3 is 6.03 Å². The average molecular weight is 408 g/mol. The summed E-state index contributed by atoms with van der Waals surface area (Å²) in [7, 11) is 0. The number of hydrogen-bond acceptors (Lipinski definition) is 3. The van der Waals surface area contributed by atoms with Crippen molar-refractivity contribution in [2.75, 3.05) is 6.54 Å². The molecule has 1 saturated heterocycles. The van der Waals surface area contributed by atoms with Crippen LogP contribution in [0.1, 0.15) is 5.76 Å². The number of nitrogens with one attached hydrogen (secondary N) is 1. The molecule has 0 aliphatic carbocycles. The van der Waals surface area contributed by atoms with Crippen LogP contribution in [0.25, 0.3) is 17.4 Å². The van der Waals surface area contributed by atoms with Crippen LogP contribution in [0.3, 0.4) is 0 Å². The zero-order valence-corrected chi connectivity index (χ0v) is 14.7. The Hall–Kier alpha value is -2.31. The Balaban J connectivity index is 1.86. The predicted molar refractivity (Wildman–Crippen MR) is 95.3 cm³/mol. The molecule has 122 valence electrons. The van der Waals surface area contributed by atoms with Gasteiger partial charge in [0.1, 0.15) is 17.2 Å². The summed E-state index contributed by atoms with van der Waals surface area (Å²) in [6.07, 6.45) is 2.98. The Morgan fingerprint density at radius 2 is 2.08 bits per heavy atom. The quantitative estimate of drug-likeness (QED) is 0.463. The van der Waals surface area contributed by atoms with Crippen LogP contribution < -0.4 is 5.32 Å². The highest BCUT2D eigenvalue weighted by molar-refractivity contribution is 9.10. The van der Waals surface area contributed by atoms with Gasteiger partial charge in [-0.1, -0.05) is 23.7 Å². The molecule has 2 aromatic rings. The van der Waals surface area contributed by atoms with Gasteiger partial charge in [0, 0.05) is 22.7 Å². The molecule has 0 unspecified atom stereocenters. The largest absolute Gasteiger partial charge is 0.457 e. The van der Waals surface area contributed by atoms with E-state index in [1.807, 2.05) is 12.1 Å². The van der Waals surface area contributed by atoms with E-state index >= 15 is 0 Å². The average Bonchev–Trinajstić information content (AvgIpc) is 3.11. The fourth-order valence-electron chi connectivity index (χ4n) is 2.24. The number of hydrogen-bond donors (Lipinski definition) is 1. The number of halogens is 2. The second-order valence-corrected chi connectivity index (χ2v) is 6.29. The van der Waals surface area contributed by atoms with Crippen LogP contribution in [-0.4, -0.2) is 23.4 Å². The van der Waals surface area contributed by atoms with Crippen LogP contribution >= 0.6 is 27.5 Å². The summed E-state index contributed by atoms with van der Waals surface area (Å²) >= 11 is 9.42. The van der Waals surface area contributed by atoms with Crippen molar-refractivity contribution in [3.8, 4) is 11.3 Å². The molecular weight excluding hydrogens is 396 g/mol. The maximum atomic E-state index is 12.1. The van der Waals surface area contributed by atoms with Gasteiger partial charge in [-0.25, -0.2) is 4.79 Å². The van der Waals surface area contributed by atoms with Gasteiger partial charge in [-0.3, -0.25) is 9.69 Å². The maximum absolute atomic E-state index is 12.1. The first-order valence-electron chi connectivity index (χ1n) is 7.00. The smallest absolute Gasteiger partial charge is 0.329 e. The van der Waals surface area contributed by atoms with E-state index < -0.39 is 11.9 Å². The van der Waals surface area contributed by atoms with Crippen LogP contribution in [0.15, 0.2) is 57.6 Å². The molecule has 24 heavy (non-hydrogen) atoms. The highest BCUT2D eigenvalue weighted by Gasteiger charge is 2.32. The third-order valence-corrected chi connectivity index (χ3v) is 4.62. The summed E-state index contributed by atoms with van der Waals surface area (Å²) in [6, 6.07) is 8.47. The molecule has 1 aromatic carbocycles. The van der Waals surface area contributed by atoms with Crippen LogP contribution in [0.2, 0.25) is 5.02 Å². The number of urea groups is 1. The molecule has 0 saturated carbocycles. The van der Waals surface area contributed by atoms with Gasteiger partial charge in [-0.15, -0.1) is 6.58 Å². The van der Waals surface area contributed by atoms with E-state index in [4.69, 9.17) is 16.0 Å². The lowest BCUT2D eigenvalue weighted by Gasteiger charge is -2.06. The normalized spacial score (nSPS) is 15.9. The lowest BCUT2D eigenvalue weighted by atomic mass is 10.2. The van der Waals surface area contributed by atoms with Gasteiger partial charge in [0.15, 0.2) is 0 Å². The summed E-state index contributed by atoms with van der Waals surface area (Å²) < 4.78 is 6.51. The molecule has 3 rings (SSSR count). The minimum Gasteiger partial charge on any atom is -0.457 e. The third kappa shape index (κ3) is 3.16. The zero-order valence-electron chi connectivity index (χ0n) is 12.4. The van der Waals surface area contributed by atoms with Crippen LogP contribution in [0.5, 0.6) is 0 Å². The van der Waals surface area contributed by atoms with Crippen molar-refractivity contribution in [3.05, 3.63) is 63.9 Å². The lowest BCUT2D eigenvalue weighted by molar-refractivity contribution is -0.122. The van der Waals surface area contributed by atoms with E-state index in [-0.39, 0.29) is 12.2 Å². The van der Waals surface area contributed by atoms with Gasteiger partial charge in [0.2, 0.25) is 0 Å². The Kier molecular flexibility index (Phi) is 4.59. The number of carbonyl (C=O) groups is 2. The van der Waals surface area contributed by atoms with Crippen molar-refractivity contribution in [1.82, 2.24) is 10.2 Å². The number of benzene rings is 1. The monoisotopic (exact) mass is 406 g/mol. The van der Waals surface area contributed by atoms with E-state index in [2.05, 4.69) is 27.8 Å². The van der Waals surface area contributed by atoms with E-state index in [1.54, 1.807) is 18.2 Å². The molecule has 0 bridgehead atoms. The first-order valence-corrected chi connectivity index (χ1v) is 8.17. The van der Waals surface area contributed by atoms with E-state index in [0.717, 1.165) is 14.9 Å². The van der Waals surface area contributed by atoms with E-state index in [0.29, 0.717) is 16.5 Å². The number of carbonyl (C=O) groups excluding carboxylic acids is 2. The molecule has 1 aliphatic heterocycles. The molecule has 1 aromatic heterocycles. The summed E-state index contributed by atoms with van der Waals surface area (Å²) in [5, 5.41) is 3.09. The Labute approximate surface area is 151 Å². The predicted octanol–water partition coefficient (Wildman–Crippen LogP) is 4.44. The summed E-state index contributed by atoms with van der Waals surface area (Å²) in [5.74, 6) is 0.647. The van der Waals surface area contributed by atoms with Crippen molar-refractivity contribution in [3.63, 3.8) is 0 Å². The van der Waals surface area contributed by atoms with Crippen LogP contribution in [-0.2, 0) is 4.79 Å². The molecule has 0 spiro atoms. The molecule has 2 heterocycles. The minimum absolute atomic E-state index is 0.156. The second-order valence-electron chi connectivity index (χ2n) is 5.02. The molecular formula is C17H12BrClN2O3. The fourth-order valence-corrected chi connectivity index (χ4v) is 2.67. The Bertz CT molecular complexity index is 872. The number of rotatable bonds is 4. The van der Waals surface area contributed by atoms with Crippen molar-refractivity contribution < 1.29 is 14.0 Å². The van der Waals surface area contributed by atoms with Gasteiger partial charge < -0.3 is 9.73 Å². The van der Waals surface area contributed by atoms with Crippen molar-refractivity contribution in [2.45, 2.75) is 0 Å². The van der Waals surface area contributed by atoms with Crippen LogP contribution in [0, 0.1) is 0 Å². The second kappa shape index (κ2) is 6.67. The highest BCUT2D eigenvalue weighted by Crippen LogP contribution is 2.30. The summed E-state index contributed by atoms with van der Waals surface area (Å²) in [5.41, 5.74) is 0.972. The topological polar surface area (TPSA) is 62.6 Å². The molecule has 7 heteroatoms. The molecule has 3 amide bonds. The maximum Gasteiger partial charge on any atom is 0.329 e. The summed E-state index contributed by atoms with van der Waals surface area (Å²) in [4.78, 5) is 24.9. The number of furan rings is 1. The molecule has 1 N–H and O–H groups in total. The van der Waals surface area contributed by atoms with Crippen molar-refractivity contribution in [2.24, 2.45) is 0 Å². The number of amides is 3. The standard InChI is InChI=1S/C17H12BrClN2O3/c1-2-7-21-16(22)14(20-17(21)23)9-11-4-6-15(24-11)10-3-5-12(18)13(19)8-10/h2-6,8-9H,1,7H2,(H,20,23)/b14-9+. The Morgan fingerprint density at radius 3 is 2.79 bits per heavy atom. The molecule has 0 radical (unpaired) electrons.